The van der Waals surface area contributed by atoms with Gasteiger partial charge in [-0.05, 0) is 31.9 Å². The fourth-order valence-corrected chi connectivity index (χ4v) is 4.58. The second-order valence-corrected chi connectivity index (χ2v) is 8.56. The van der Waals surface area contributed by atoms with E-state index in [0.717, 1.165) is 25.0 Å². The average molecular weight is 409 g/mol. The number of aromatic nitrogens is 1. The molecule has 0 atom stereocenters. The summed E-state index contributed by atoms with van der Waals surface area (Å²) in [5, 5.41) is 3.68. The smallest absolute Gasteiger partial charge is 0.361 e. The first-order valence-corrected chi connectivity index (χ1v) is 10.4. The number of fused-ring (bicyclic) bond motifs is 1. The maximum absolute atomic E-state index is 14.1. The van der Waals surface area contributed by atoms with E-state index in [1.165, 1.54) is 0 Å². The van der Waals surface area contributed by atoms with E-state index >= 15 is 0 Å². The van der Waals surface area contributed by atoms with Crippen molar-refractivity contribution in [3.63, 3.8) is 0 Å². The van der Waals surface area contributed by atoms with Crippen LogP contribution in [0.2, 0.25) is 0 Å². The third-order valence-electron chi connectivity index (χ3n) is 4.58. The Kier molecular flexibility index (Phi) is 4.45. The number of ether oxygens (including phenoxy) is 2. The summed E-state index contributed by atoms with van der Waals surface area (Å²) in [6, 6.07) is 2.03. The Morgan fingerprint density at radius 1 is 1.32 bits per heavy atom. The summed E-state index contributed by atoms with van der Waals surface area (Å²) in [5.41, 5.74) is -0.747. The summed E-state index contributed by atoms with van der Waals surface area (Å²) < 4.78 is 54.5. The van der Waals surface area contributed by atoms with Crippen LogP contribution in [0.4, 0.5) is 4.39 Å². The summed E-state index contributed by atoms with van der Waals surface area (Å²) in [6.45, 7) is 1.45. The standard InChI is InChI=1S/C18H16FNO7S/c1-2-25-18(22)13-12(15(27-20-13)9-3-4-9)14(21)10-5-6-11(19)16-17(10)28(23,24)8-7-26-16/h5-6,9H,2-4,7-8H2,1H3. The predicted molar refractivity (Wildman–Crippen MR) is 91.8 cm³/mol. The highest BCUT2D eigenvalue weighted by atomic mass is 32.2. The molecule has 10 heteroatoms. The van der Waals surface area contributed by atoms with Gasteiger partial charge in [0.25, 0.3) is 0 Å². The second-order valence-electron chi connectivity index (χ2n) is 6.51. The first-order chi connectivity index (χ1) is 13.3. The van der Waals surface area contributed by atoms with E-state index in [1.807, 2.05) is 0 Å². The summed E-state index contributed by atoms with van der Waals surface area (Å²) in [7, 11) is -3.95. The number of hydrogen-bond donors (Lipinski definition) is 0. The number of halogens is 1. The van der Waals surface area contributed by atoms with E-state index in [-0.39, 0.29) is 47.5 Å². The van der Waals surface area contributed by atoms with Gasteiger partial charge in [0.1, 0.15) is 17.1 Å². The molecule has 1 aromatic heterocycles. The quantitative estimate of drug-likeness (QED) is 0.546. The molecule has 8 nitrogen and oxygen atoms in total. The zero-order valence-electron chi connectivity index (χ0n) is 14.9. The number of esters is 1. The molecule has 1 saturated carbocycles. The van der Waals surface area contributed by atoms with Crippen LogP contribution < -0.4 is 4.74 Å². The predicted octanol–water partition coefficient (Wildman–Crippen LogP) is 2.26. The van der Waals surface area contributed by atoms with Crippen LogP contribution in [0.5, 0.6) is 5.75 Å². The Labute approximate surface area is 159 Å². The Hall–Kier alpha value is -2.75. The maximum Gasteiger partial charge on any atom is 0.361 e. The third kappa shape index (κ3) is 2.97. The molecule has 148 valence electrons. The number of carbonyl (C=O) groups is 2. The van der Waals surface area contributed by atoms with E-state index in [0.29, 0.717) is 0 Å². The van der Waals surface area contributed by atoms with E-state index < -0.39 is 38.1 Å². The van der Waals surface area contributed by atoms with Crippen molar-refractivity contribution in [2.45, 2.75) is 30.6 Å². The second kappa shape index (κ2) is 6.69. The zero-order valence-corrected chi connectivity index (χ0v) is 15.7. The van der Waals surface area contributed by atoms with Gasteiger partial charge in [-0.3, -0.25) is 4.79 Å². The highest BCUT2D eigenvalue weighted by Crippen LogP contribution is 2.44. The monoisotopic (exact) mass is 409 g/mol. The molecule has 1 fully saturated rings. The molecule has 1 aliphatic heterocycles. The fourth-order valence-electron chi connectivity index (χ4n) is 3.14. The molecule has 0 bridgehead atoms. The normalized spacial score (nSPS) is 17.5. The molecule has 28 heavy (non-hydrogen) atoms. The summed E-state index contributed by atoms with van der Waals surface area (Å²) in [6.07, 6.45) is 1.50. The Morgan fingerprint density at radius 3 is 2.75 bits per heavy atom. The Balaban J connectivity index is 1.90. The number of carbonyl (C=O) groups excluding carboxylic acids is 2. The molecule has 0 spiro atoms. The summed E-state index contributed by atoms with van der Waals surface area (Å²) >= 11 is 0. The van der Waals surface area contributed by atoms with Gasteiger partial charge in [-0.1, -0.05) is 5.16 Å². The van der Waals surface area contributed by atoms with Gasteiger partial charge in [0.2, 0.25) is 11.5 Å². The third-order valence-corrected chi connectivity index (χ3v) is 6.31. The number of rotatable bonds is 5. The largest absolute Gasteiger partial charge is 0.488 e. The molecule has 0 unspecified atom stereocenters. The summed E-state index contributed by atoms with van der Waals surface area (Å²) in [4.78, 5) is 25.0. The van der Waals surface area contributed by atoms with Crippen molar-refractivity contribution in [3.05, 3.63) is 40.5 Å². The number of nitrogens with zero attached hydrogens (tertiary/aromatic N) is 1. The van der Waals surface area contributed by atoms with Crippen LogP contribution in [0.25, 0.3) is 0 Å². The highest BCUT2D eigenvalue weighted by molar-refractivity contribution is 7.91. The molecule has 4 rings (SSSR count). The number of ketones is 1. The lowest BCUT2D eigenvalue weighted by Gasteiger charge is -2.20. The Bertz CT molecular complexity index is 1090. The lowest BCUT2D eigenvalue weighted by atomic mass is 9.99. The number of sulfone groups is 1. The minimum absolute atomic E-state index is 0.0618. The van der Waals surface area contributed by atoms with Crippen LogP contribution in [0.3, 0.4) is 0 Å². The van der Waals surface area contributed by atoms with Crippen LogP contribution in [-0.4, -0.2) is 44.3 Å². The highest BCUT2D eigenvalue weighted by Gasteiger charge is 2.40. The van der Waals surface area contributed by atoms with Gasteiger partial charge in [-0.2, -0.15) is 0 Å². The van der Waals surface area contributed by atoms with Crippen LogP contribution in [-0.2, 0) is 14.6 Å². The van der Waals surface area contributed by atoms with E-state index in [2.05, 4.69) is 5.16 Å². The van der Waals surface area contributed by atoms with Gasteiger partial charge >= 0.3 is 5.97 Å². The molecule has 0 amide bonds. The van der Waals surface area contributed by atoms with Gasteiger partial charge < -0.3 is 14.0 Å². The van der Waals surface area contributed by atoms with Crippen LogP contribution in [0, 0.1) is 5.82 Å². The van der Waals surface area contributed by atoms with Crippen LogP contribution in [0.15, 0.2) is 21.6 Å². The molecule has 2 aliphatic rings. The van der Waals surface area contributed by atoms with Crippen molar-refractivity contribution in [2.75, 3.05) is 19.0 Å². The fraction of sp³-hybridized carbons (Fsp3) is 0.389. The van der Waals surface area contributed by atoms with Crippen LogP contribution in [0.1, 0.15) is 57.9 Å². The van der Waals surface area contributed by atoms with Gasteiger partial charge in [0.15, 0.2) is 27.2 Å². The van der Waals surface area contributed by atoms with Gasteiger partial charge in [0.05, 0.1) is 12.4 Å². The number of hydrogen-bond acceptors (Lipinski definition) is 8. The first kappa shape index (κ1) is 18.6. The lowest BCUT2D eigenvalue weighted by molar-refractivity contribution is 0.0512. The van der Waals surface area contributed by atoms with E-state index in [1.54, 1.807) is 6.92 Å². The first-order valence-electron chi connectivity index (χ1n) is 8.74. The van der Waals surface area contributed by atoms with E-state index in [4.69, 9.17) is 14.0 Å². The molecule has 0 radical (unpaired) electrons. The van der Waals surface area contributed by atoms with Crippen molar-refractivity contribution >= 4 is 21.6 Å². The SMILES string of the molecule is CCOC(=O)c1noc(C2CC2)c1C(=O)c1ccc(F)c2c1S(=O)(=O)CCO2. The van der Waals surface area contributed by atoms with Gasteiger partial charge in [-0.25, -0.2) is 17.6 Å². The lowest BCUT2D eigenvalue weighted by Crippen LogP contribution is -2.25. The van der Waals surface area contributed by atoms with Gasteiger partial charge in [-0.15, -0.1) is 0 Å². The van der Waals surface area contributed by atoms with E-state index in [9.17, 15) is 22.4 Å². The molecule has 1 aromatic carbocycles. The molecule has 0 saturated heterocycles. The molecule has 2 aromatic rings. The zero-order chi connectivity index (χ0) is 20.1. The topological polar surface area (TPSA) is 113 Å². The minimum Gasteiger partial charge on any atom is -0.488 e. The molecule has 2 heterocycles. The van der Waals surface area contributed by atoms with Crippen molar-refractivity contribution in [1.29, 1.82) is 0 Å². The molecule has 1 aliphatic carbocycles. The maximum atomic E-state index is 14.1. The number of benzene rings is 1. The van der Waals surface area contributed by atoms with Gasteiger partial charge in [0, 0.05) is 11.5 Å². The molecular formula is C18H16FNO7S. The average Bonchev–Trinajstić information content (AvgIpc) is 3.40. The summed E-state index contributed by atoms with van der Waals surface area (Å²) in [5.74, 6) is -3.27. The minimum atomic E-state index is -3.95. The van der Waals surface area contributed by atoms with Crippen molar-refractivity contribution in [3.8, 4) is 5.75 Å². The van der Waals surface area contributed by atoms with Crippen molar-refractivity contribution < 1.29 is 36.4 Å². The van der Waals surface area contributed by atoms with Crippen LogP contribution >= 0.6 is 0 Å². The molecular weight excluding hydrogens is 393 g/mol. The van der Waals surface area contributed by atoms with Crippen molar-refractivity contribution in [2.24, 2.45) is 0 Å². The molecule has 0 N–H and O–H groups in total. The Morgan fingerprint density at radius 2 is 2.07 bits per heavy atom. The van der Waals surface area contributed by atoms with Crippen molar-refractivity contribution in [1.82, 2.24) is 5.16 Å².